The van der Waals surface area contributed by atoms with Crippen molar-refractivity contribution in [3.8, 4) is 5.82 Å². The lowest BCUT2D eigenvalue weighted by Crippen LogP contribution is -2.53. The van der Waals surface area contributed by atoms with E-state index in [1.54, 1.807) is 0 Å². The van der Waals surface area contributed by atoms with Gasteiger partial charge in [0.1, 0.15) is 11.3 Å². The molecule has 0 aliphatic carbocycles. The molecule has 0 unspecified atom stereocenters. The number of aryl methyl sites for hydroxylation is 2. The number of hydrogen-bond donors (Lipinski definition) is 0. The molecule has 1 saturated heterocycles. The number of furan rings is 1. The Hall–Kier alpha value is -3.02. The topological polar surface area (TPSA) is 54.5 Å². The van der Waals surface area contributed by atoms with Crippen LogP contribution < -0.4 is 4.90 Å². The summed E-state index contributed by atoms with van der Waals surface area (Å²) in [7, 11) is 0. The normalized spacial score (nSPS) is 20.2. The van der Waals surface area contributed by atoms with Crippen LogP contribution in [0.1, 0.15) is 47.3 Å². The van der Waals surface area contributed by atoms with Crippen LogP contribution in [0.5, 0.6) is 0 Å². The van der Waals surface area contributed by atoms with Gasteiger partial charge >= 0.3 is 0 Å². The van der Waals surface area contributed by atoms with Crippen LogP contribution in [0.15, 0.2) is 47.1 Å². The fraction of sp³-hybridized carbons (Fsp3) is 0.391. The zero-order chi connectivity index (χ0) is 20.2. The SMILES string of the molecule is CCCN1c2cccnc2-n2cccc2[C@]12CCN(C(=O)c1cc(C)c(C)o1)C2. The van der Waals surface area contributed by atoms with Crippen molar-refractivity contribution in [1.29, 1.82) is 0 Å². The number of hydrogen-bond acceptors (Lipinski definition) is 4. The second-order valence-electron chi connectivity index (χ2n) is 8.12. The molecule has 1 fully saturated rings. The fourth-order valence-electron chi connectivity index (χ4n) is 4.89. The predicted molar refractivity (Wildman–Crippen MR) is 112 cm³/mol. The van der Waals surface area contributed by atoms with E-state index in [2.05, 4.69) is 45.8 Å². The lowest BCUT2D eigenvalue weighted by molar-refractivity contribution is 0.0749. The molecular formula is C23H26N4O2. The molecule has 6 nitrogen and oxygen atoms in total. The molecule has 6 heteroatoms. The van der Waals surface area contributed by atoms with E-state index in [0.29, 0.717) is 18.8 Å². The Morgan fingerprint density at radius 1 is 1.28 bits per heavy atom. The number of anilines is 1. The highest BCUT2D eigenvalue weighted by Gasteiger charge is 2.50. The van der Waals surface area contributed by atoms with Crippen LogP contribution in [-0.4, -0.2) is 40.0 Å². The molecule has 0 bridgehead atoms. The number of fused-ring (bicyclic) bond motifs is 4. The van der Waals surface area contributed by atoms with Crippen molar-refractivity contribution in [1.82, 2.24) is 14.5 Å². The van der Waals surface area contributed by atoms with Gasteiger partial charge in [0.25, 0.3) is 5.91 Å². The number of carbonyl (C=O) groups excluding carboxylic acids is 1. The molecule has 1 atom stereocenters. The lowest BCUT2D eigenvalue weighted by Gasteiger charge is -2.47. The Morgan fingerprint density at radius 2 is 2.14 bits per heavy atom. The molecule has 0 saturated carbocycles. The summed E-state index contributed by atoms with van der Waals surface area (Å²) in [5.41, 5.74) is 3.11. The standard InChI is InChI=1S/C23H26N4O2/c1-4-11-27-18-7-5-10-24-21(18)26-12-6-8-20(26)23(27)9-13-25(15-23)22(28)19-14-16(2)17(3)29-19/h5-8,10,12,14H,4,9,11,13,15H2,1-3H3/t23-/m1/s1. The van der Waals surface area contributed by atoms with Gasteiger partial charge in [0.15, 0.2) is 11.6 Å². The highest BCUT2D eigenvalue weighted by atomic mass is 16.4. The number of nitrogens with zero attached hydrogens (tertiary/aromatic N) is 4. The number of aromatic nitrogens is 2. The first kappa shape index (κ1) is 18.0. The van der Waals surface area contributed by atoms with Crippen LogP contribution in [0.4, 0.5) is 5.69 Å². The monoisotopic (exact) mass is 390 g/mol. The second kappa shape index (κ2) is 6.51. The van der Waals surface area contributed by atoms with E-state index in [1.807, 2.05) is 37.1 Å². The van der Waals surface area contributed by atoms with E-state index in [1.165, 1.54) is 5.69 Å². The van der Waals surface area contributed by atoms with Gasteiger partial charge in [-0.25, -0.2) is 4.98 Å². The van der Waals surface area contributed by atoms with Crippen molar-refractivity contribution >= 4 is 11.6 Å². The molecule has 0 N–H and O–H groups in total. The smallest absolute Gasteiger partial charge is 0.289 e. The molecule has 29 heavy (non-hydrogen) atoms. The van der Waals surface area contributed by atoms with Gasteiger partial charge in [0, 0.05) is 25.5 Å². The van der Waals surface area contributed by atoms with Gasteiger partial charge in [-0.3, -0.25) is 4.79 Å². The molecule has 0 aromatic carbocycles. The Kier molecular flexibility index (Phi) is 4.05. The van der Waals surface area contributed by atoms with E-state index in [4.69, 9.17) is 4.42 Å². The Morgan fingerprint density at radius 3 is 2.90 bits per heavy atom. The highest BCUT2D eigenvalue weighted by Crippen LogP contribution is 2.47. The molecule has 2 aliphatic rings. The summed E-state index contributed by atoms with van der Waals surface area (Å²) in [5.74, 6) is 2.19. The summed E-state index contributed by atoms with van der Waals surface area (Å²) in [6.07, 6.45) is 5.84. The minimum Gasteiger partial charge on any atom is -0.456 e. The van der Waals surface area contributed by atoms with Crippen molar-refractivity contribution in [2.45, 2.75) is 39.2 Å². The van der Waals surface area contributed by atoms with Crippen molar-refractivity contribution in [3.63, 3.8) is 0 Å². The number of likely N-dealkylation sites (tertiary alicyclic amines) is 1. The quantitative estimate of drug-likeness (QED) is 0.677. The zero-order valence-corrected chi connectivity index (χ0v) is 17.2. The summed E-state index contributed by atoms with van der Waals surface area (Å²) in [6.45, 7) is 8.34. The molecule has 2 aliphatic heterocycles. The maximum absolute atomic E-state index is 13.2. The molecule has 150 valence electrons. The third-order valence-electron chi connectivity index (χ3n) is 6.39. The summed E-state index contributed by atoms with van der Waals surface area (Å²) >= 11 is 0. The Labute approximate surface area is 170 Å². The largest absolute Gasteiger partial charge is 0.456 e. The number of amides is 1. The predicted octanol–water partition coefficient (Wildman–Crippen LogP) is 4.05. The third-order valence-corrected chi connectivity index (χ3v) is 6.39. The maximum atomic E-state index is 13.2. The first-order valence-electron chi connectivity index (χ1n) is 10.3. The van der Waals surface area contributed by atoms with Crippen LogP contribution in [0.2, 0.25) is 0 Å². The van der Waals surface area contributed by atoms with Gasteiger partial charge in [0.2, 0.25) is 0 Å². The highest BCUT2D eigenvalue weighted by molar-refractivity contribution is 5.92. The molecule has 1 amide bonds. The average molecular weight is 390 g/mol. The Balaban J connectivity index is 1.56. The first-order valence-corrected chi connectivity index (χ1v) is 10.3. The molecule has 3 aromatic rings. The minimum absolute atomic E-state index is 0.0235. The lowest BCUT2D eigenvalue weighted by atomic mass is 9.88. The van der Waals surface area contributed by atoms with Gasteiger partial charge in [-0.1, -0.05) is 6.92 Å². The number of carbonyl (C=O) groups is 1. The van der Waals surface area contributed by atoms with Gasteiger partial charge < -0.3 is 18.8 Å². The van der Waals surface area contributed by atoms with E-state index in [-0.39, 0.29) is 11.4 Å². The number of rotatable bonds is 3. The second-order valence-corrected chi connectivity index (χ2v) is 8.12. The summed E-state index contributed by atoms with van der Waals surface area (Å²) < 4.78 is 7.92. The van der Waals surface area contributed by atoms with Crippen molar-refractivity contribution in [2.24, 2.45) is 0 Å². The van der Waals surface area contributed by atoms with Crippen molar-refractivity contribution in [3.05, 3.63) is 65.5 Å². The zero-order valence-electron chi connectivity index (χ0n) is 17.2. The van der Waals surface area contributed by atoms with Crippen LogP contribution in [-0.2, 0) is 5.54 Å². The van der Waals surface area contributed by atoms with E-state index < -0.39 is 0 Å². The fourth-order valence-corrected chi connectivity index (χ4v) is 4.89. The maximum Gasteiger partial charge on any atom is 0.289 e. The van der Waals surface area contributed by atoms with Gasteiger partial charge in [-0.2, -0.15) is 0 Å². The molecule has 3 aromatic heterocycles. The molecule has 0 radical (unpaired) electrons. The Bertz CT molecular complexity index is 1060. The average Bonchev–Trinajstić information content (AvgIpc) is 3.45. The van der Waals surface area contributed by atoms with Gasteiger partial charge in [-0.15, -0.1) is 0 Å². The van der Waals surface area contributed by atoms with Crippen LogP contribution >= 0.6 is 0 Å². The first-order chi connectivity index (χ1) is 14.0. The molecule has 5 rings (SSSR count). The molecule has 1 spiro atoms. The van der Waals surface area contributed by atoms with Gasteiger partial charge in [0.05, 0.1) is 17.9 Å². The summed E-state index contributed by atoms with van der Waals surface area (Å²) in [4.78, 5) is 22.3. The van der Waals surface area contributed by atoms with Gasteiger partial charge in [-0.05, 0) is 62.6 Å². The van der Waals surface area contributed by atoms with E-state index in [9.17, 15) is 4.79 Å². The van der Waals surface area contributed by atoms with Crippen molar-refractivity contribution in [2.75, 3.05) is 24.5 Å². The van der Waals surface area contributed by atoms with E-state index >= 15 is 0 Å². The van der Waals surface area contributed by atoms with E-state index in [0.717, 1.165) is 42.2 Å². The van der Waals surface area contributed by atoms with Crippen molar-refractivity contribution < 1.29 is 9.21 Å². The van der Waals surface area contributed by atoms with Crippen LogP contribution in [0.3, 0.4) is 0 Å². The molecular weight excluding hydrogens is 364 g/mol. The summed E-state index contributed by atoms with van der Waals surface area (Å²) in [5, 5.41) is 0. The summed E-state index contributed by atoms with van der Waals surface area (Å²) in [6, 6.07) is 10.3. The number of pyridine rings is 1. The minimum atomic E-state index is -0.248. The van der Waals surface area contributed by atoms with Crippen LogP contribution in [0, 0.1) is 13.8 Å². The third kappa shape index (κ3) is 2.55. The molecule has 5 heterocycles. The van der Waals surface area contributed by atoms with Crippen LogP contribution in [0.25, 0.3) is 5.82 Å².